The summed E-state index contributed by atoms with van der Waals surface area (Å²) in [6.45, 7) is 3.89. The van der Waals surface area contributed by atoms with Crippen molar-refractivity contribution in [3.63, 3.8) is 0 Å². The maximum Gasteiger partial charge on any atom is 0.223 e. The lowest BCUT2D eigenvalue weighted by molar-refractivity contribution is -0.126. The van der Waals surface area contributed by atoms with Crippen molar-refractivity contribution in [2.45, 2.75) is 32.2 Å². The van der Waals surface area contributed by atoms with Crippen LogP contribution in [0.1, 0.15) is 25.3 Å². The number of hydrogen-bond donors (Lipinski definition) is 3. The summed E-state index contributed by atoms with van der Waals surface area (Å²) in [6, 6.07) is 7.25. The highest BCUT2D eigenvalue weighted by atomic mass is 35.5. The van der Waals surface area contributed by atoms with Crippen molar-refractivity contribution in [1.82, 2.24) is 10.6 Å². The number of piperidine rings is 1. The summed E-state index contributed by atoms with van der Waals surface area (Å²) < 4.78 is 0. The van der Waals surface area contributed by atoms with Crippen molar-refractivity contribution in [1.29, 1.82) is 0 Å². The van der Waals surface area contributed by atoms with Crippen molar-refractivity contribution in [2.24, 2.45) is 5.92 Å². The lowest BCUT2D eigenvalue weighted by atomic mass is 9.96. The average molecular weight is 299 g/mol. The molecule has 0 radical (unpaired) electrons. The third-order valence-electron chi connectivity index (χ3n) is 3.58. The van der Waals surface area contributed by atoms with E-state index in [0.29, 0.717) is 0 Å². The van der Waals surface area contributed by atoms with Crippen LogP contribution in [0.25, 0.3) is 0 Å². The summed E-state index contributed by atoms with van der Waals surface area (Å²) in [7, 11) is 0. The lowest BCUT2D eigenvalue weighted by Crippen LogP contribution is -2.42. The predicted octanol–water partition coefficient (Wildman–Crippen LogP) is 1.86. The smallest absolute Gasteiger partial charge is 0.223 e. The monoisotopic (exact) mass is 298 g/mol. The van der Waals surface area contributed by atoms with Gasteiger partial charge in [-0.05, 0) is 57.0 Å². The average Bonchev–Trinajstić information content (AvgIpc) is 2.42. The normalized spacial score (nSPS) is 17.1. The highest BCUT2D eigenvalue weighted by Crippen LogP contribution is 2.14. The van der Waals surface area contributed by atoms with Gasteiger partial charge in [0.05, 0.1) is 0 Å². The summed E-state index contributed by atoms with van der Waals surface area (Å²) in [5, 5.41) is 15.6. The molecule has 1 aliphatic heterocycles. The van der Waals surface area contributed by atoms with Crippen LogP contribution in [0.2, 0.25) is 0 Å². The molecular formula is C15H23ClN2O2. The summed E-state index contributed by atoms with van der Waals surface area (Å²) in [5.41, 5.74) is 1.12. The first kappa shape index (κ1) is 16.8. The van der Waals surface area contributed by atoms with Gasteiger partial charge < -0.3 is 15.7 Å². The van der Waals surface area contributed by atoms with E-state index in [0.717, 1.165) is 37.9 Å². The van der Waals surface area contributed by atoms with Crippen LogP contribution in [-0.2, 0) is 11.2 Å². The highest BCUT2D eigenvalue weighted by molar-refractivity contribution is 5.85. The van der Waals surface area contributed by atoms with Gasteiger partial charge in [0.2, 0.25) is 5.91 Å². The molecule has 4 nitrogen and oxygen atoms in total. The molecule has 1 unspecified atom stereocenters. The van der Waals surface area contributed by atoms with Gasteiger partial charge in [0.15, 0.2) is 0 Å². The molecule has 0 spiro atoms. The zero-order valence-electron chi connectivity index (χ0n) is 11.8. The maximum atomic E-state index is 12.1. The largest absolute Gasteiger partial charge is 0.508 e. The Morgan fingerprint density at radius 3 is 2.55 bits per heavy atom. The van der Waals surface area contributed by atoms with Gasteiger partial charge in [-0.2, -0.15) is 0 Å². The molecule has 1 aromatic rings. The molecule has 3 N–H and O–H groups in total. The minimum atomic E-state index is 0. The van der Waals surface area contributed by atoms with Crippen LogP contribution in [0.5, 0.6) is 5.75 Å². The molecule has 20 heavy (non-hydrogen) atoms. The SMILES string of the molecule is CC(Cc1ccc(O)cc1)NC(=O)C1CCNCC1.Cl. The molecule has 1 heterocycles. The van der Waals surface area contributed by atoms with Gasteiger partial charge in [0, 0.05) is 12.0 Å². The van der Waals surface area contributed by atoms with Crippen LogP contribution >= 0.6 is 12.4 Å². The standard InChI is InChI=1S/C15H22N2O2.ClH/c1-11(10-12-2-4-14(18)5-3-12)17-15(19)13-6-8-16-9-7-13;/h2-5,11,13,16,18H,6-10H2,1H3,(H,17,19);1H. The van der Waals surface area contributed by atoms with Crippen LogP contribution in [0.15, 0.2) is 24.3 Å². The summed E-state index contributed by atoms with van der Waals surface area (Å²) in [6.07, 6.45) is 2.65. The number of aromatic hydroxyl groups is 1. The van der Waals surface area contributed by atoms with Gasteiger partial charge in [0.25, 0.3) is 0 Å². The predicted molar refractivity (Wildman–Crippen MR) is 82.3 cm³/mol. The van der Waals surface area contributed by atoms with E-state index < -0.39 is 0 Å². The van der Waals surface area contributed by atoms with Gasteiger partial charge >= 0.3 is 0 Å². The van der Waals surface area contributed by atoms with Crippen molar-refractivity contribution in [2.75, 3.05) is 13.1 Å². The number of benzene rings is 1. The summed E-state index contributed by atoms with van der Waals surface area (Å²) in [4.78, 5) is 12.1. The molecule has 1 atom stereocenters. The zero-order valence-corrected chi connectivity index (χ0v) is 12.6. The van der Waals surface area contributed by atoms with Gasteiger partial charge in [-0.3, -0.25) is 4.79 Å². The molecule has 0 aromatic heterocycles. The first-order valence-electron chi connectivity index (χ1n) is 6.94. The topological polar surface area (TPSA) is 61.4 Å². The molecule has 1 aromatic carbocycles. The van der Waals surface area contributed by atoms with Gasteiger partial charge in [-0.25, -0.2) is 0 Å². The van der Waals surface area contributed by atoms with E-state index in [2.05, 4.69) is 10.6 Å². The van der Waals surface area contributed by atoms with E-state index in [1.807, 2.05) is 19.1 Å². The number of nitrogens with one attached hydrogen (secondary N) is 2. The molecule has 1 aliphatic rings. The Labute approximate surface area is 126 Å². The summed E-state index contributed by atoms with van der Waals surface area (Å²) in [5.74, 6) is 0.603. The Morgan fingerprint density at radius 2 is 1.95 bits per heavy atom. The molecule has 112 valence electrons. The van der Waals surface area contributed by atoms with E-state index in [4.69, 9.17) is 0 Å². The number of rotatable bonds is 4. The van der Waals surface area contributed by atoms with Crippen molar-refractivity contribution >= 4 is 18.3 Å². The fourth-order valence-corrected chi connectivity index (χ4v) is 2.48. The van der Waals surface area contributed by atoms with Crippen LogP contribution in [0.4, 0.5) is 0 Å². The Kier molecular flexibility index (Phi) is 6.82. The minimum Gasteiger partial charge on any atom is -0.508 e. The van der Waals surface area contributed by atoms with Gasteiger partial charge in [-0.1, -0.05) is 12.1 Å². The third kappa shape index (κ3) is 5.02. The fourth-order valence-electron chi connectivity index (χ4n) is 2.48. The second-order valence-electron chi connectivity index (χ2n) is 5.30. The molecule has 0 aliphatic carbocycles. The Hall–Kier alpha value is -1.26. The third-order valence-corrected chi connectivity index (χ3v) is 3.58. The van der Waals surface area contributed by atoms with Crippen molar-refractivity contribution in [3.05, 3.63) is 29.8 Å². The number of hydrogen-bond acceptors (Lipinski definition) is 3. The molecule has 1 fully saturated rings. The van der Waals surface area contributed by atoms with E-state index in [1.54, 1.807) is 12.1 Å². The number of phenols is 1. The molecular weight excluding hydrogens is 276 g/mol. The van der Waals surface area contributed by atoms with Crippen LogP contribution < -0.4 is 10.6 Å². The number of phenolic OH excluding ortho intramolecular Hbond substituents is 1. The Bertz CT molecular complexity index is 416. The second-order valence-corrected chi connectivity index (χ2v) is 5.30. The van der Waals surface area contributed by atoms with E-state index in [-0.39, 0.29) is 36.0 Å². The van der Waals surface area contributed by atoms with E-state index >= 15 is 0 Å². The number of carbonyl (C=O) groups is 1. The van der Waals surface area contributed by atoms with Gasteiger partial charge in [-0.15, -0.1) is 12.4 Å². The maximum absolute atomic E-state index is 12.1. The van der Waals surface area contributed by atoms with E-state index in [1.165, 1.54) is 0 Å². The van der Waals surface area contributed by atoms with Crippen molar-refractivity contribution in [3.8, 4) is 5.75 Å². The van der Waals surface area contributed by atoms with Crippen LogP contribution in [0.3, 0.4) is 0 Å². The zero-order chi connectivity index (χ0) is 13.7. The first-order valence-corrected chi connectivity index (χ1v) is 6.94. The van der Waals surface area contributed by atoms with E-state index in [9.17, 15) is 9.90 Å². The minimum absolute atomic E-state index is 0. The Balaban J connectivity index is 0.00000200. The molecule has 5 heteroatoms. The molecule has 0 bridgehead atoms. The molecule has 0 saturated carbocycles. The number of halogens is 1. The first-order chi connectivity index (χ1) is 9.15. The highest BCUT2D eigenvalue weighted by Gasteiger charge is 2.21. The summed E-state index contributed by atoms with van der Waals surface area (Å²) >= 11 is 0. The second kappa shape index (κ2) is 8.12. The van der Waals surface area contributed by atoms with Crippen molar-refractivity contribution < 1.29 is 9.90 Å². The number of amides is 1. The quantitative estimate of drug-likeness (QED) is 0.795. The van der Waals surface area contributed by atoms with Crippen LogP contribution in [0, 0.1) is 5.92 Å². The molecule has 1 amide bonds. The Morgan fingerprint density at radius 1 is 1.35 bits per heavy atom. The fraction of sp³-hybridized carbons (Fsp3) is 0.533. The molecule has 2 rings (SSSR count). The lowest BCUT2D eigenvalue weighted by Gasteiger charge is -2.24. The number of carbonyl (C=O) groups excluding carboxylic acids is 1. The molecule has 1 saturated heterocycles. The van der Waals surface area contributed by atoms with Gasteiger partial charge in [0.1, 0.15) is 5.75 Å². The van der Waals surface area contributed by atoms with Crippen LogP contribution in [-0.4, -0.2) is 30.1 Å².